The molecule has 0 saturated heterocycles. The maximum atomic E-state index is 14.3. The lowest BCUT2D eigenvalue weighted by Gasteiger charge is -2.31. The SMILES string of the molecule is COc1ccc(N(C(=O)CN2C(=O)[C](CC(=O)Nc3ccccc3)C(=O)N(c3ccccc3)c3ccccc32)C(C)C)cc1. The molecule has 1 heterocycles. The first-order valence-corrected chi connectivity index (χ1v) is 14.3. The fraction of sp³-hybridized carbons (Fsp3) is 0.171. The highest BCUT2D eigenvalue weighted by molar-refractivity contribution is 6.31. The Kier molecular flexibility index (Phi) is 9.04. The fourth-order valence-electron chi connectivity index (χ4n) is 5.20. The van der Waals surface area contributed by atoms with Crippen LogP contribution >= 0.6 is 0 Å². The summed E-state index contributed by atoms with van der Waals surface area (Å²) in [5, 5.41) is 2.76. The van der Waals surface area contributed by atoms with Crippen LogP contribution in [0, 0.1) is 5.92 Å². The molecule has 1 aliphatic heterocycles. The molecule has 44 heavy (non-hydrogen) atoms. The standard InChI is InChI=1S/C35H33N4O5/c1-24(2)38(27-18-20-28(44-3)21-19-27)33(41)23-37-30-16-10-11-17-31(30)39(26-14-8-5-9-15-26)35(43)29(34(37)42)22-32(40)36-25-12-6-4-7-13-25/h4-21,24H,22-23H2,1-3H3,(H,36,40). The Bertz CT molecular complexity index is 1640. The summed E-state index contributed by atoms with van der Waals surface area (Å²) in [4.78, 5) is 60.0. The largest absolute Gasteiger partial charge is 0.497 e. The van der Waals surface area contributed by atoms with Gasteiger partial charge in [-0.3, -0.25) is 29.0 Å². The molecule has 9 nitrogen and oxygen atoms in total. The fourth-order valence-corrected chi connectivity index (χ4v) is 5.20. The van der Waals surface area contributed by atoms with Crippen molar-refractivity contribution in [3.8, 4) is 5.75 Å². The third-order valence-corrected chi connectivity index (χ3v) is 7.22. The maximum Gasteiger partial charge on any atom is 0.249 e. The zero-order valence-corrected chi connectivity index (χ0v) is 24.8. The number of para-hydroxylation sites is 4. The van der Waals surface area contributed by atoms with Gasteiger partial charge in [-0.25, -0.2) is 0 Å². The van der Waals surface area contributed by atoms with Crippen LogP contribution in [-0.4, -0.2) is 43.3 Å². The minimum atomic E-state index is -0.712. The number of methoxy groups -OCH3 is 1. The van der Waals surface area contributed by atoms with Gasteiger partial charge in [-0.05, 0) is 74.5 Å². The Labute approximate surface area is 256 Å². The van der Waals surface area contributed by atoms with E-state index < -0.39 is 24.1 Å². The maximum absolute atomic E-state index is 14.3. The topological polar surface area (TPSA) is 99.3 Å². The number of hydrogen-bond donors (Lipinski definition) is 1. The zero-order chi connectivity index (χ0) is 31.2. The van der Waals surface area contributed by atoms with Gasteiger partial charge in [0.15, 0.2) is 5.92 Å². The lowest BCUT2D eigenvalue weighted by atomic mass is 10.0. The van der Waals surface area contributed by atoms with E-state index in [1.807, 2.05) is 26.0 Å². The highest BCUT2D eigenvalue weighted by Crippen LogP contribution is 2.40. The molecule has 4 amide bonds. The van der Waals surface area contributed by atoms with E-state index in [4.69, 9.17) is 4.74 Å². The molecule has 0 saturated carbocycles. The van der Waals surface area contributed by atoms with Crippen molar-refractivity contribution in [2.24, 2.45) is 0 Å². The normalized spacial score (nSPS) is 13.4. The molecule has 1 radical (unpaired) electrons. The van der Waals surface area contributed by atoms with Crippen molar-refractivity contribution in [2.45, 2.75) is 26.3 Å². The highest BCUT2D eigenvalue weighted by Gasteiger charge is 2.43. The predicted octanol–water partition coefficient (Wildman–Crippen LogP) is 5.75. The van der Waals surface area contributed by atoms with Crippen molar-refractivity contribution in [1.29, 1.82) is 0 Å². The van der Waals surface area contributed by atoms with Crippen molar-refractivity contribution < 1.29 is 23.9 Å². The van der Waals surface area contributed by atoms with Crippen molar-refractivity contribution >= 4 is 52.1 Å². The average molecular weight is 590 g/mol. The van der Waals surface area contributed by atoms with Gasteiger partial charge in [0.2, 0.25) is 23.6 Å². The van der Waals surface area contributed by atoms with Crippen LogP contribution in [0.1, 0.15) is 20.3 Å². The summed E-state index contributed by atoms with van der Waals surface area (Å²) < 4.78 is 5.27. The van der Waals surface area contributed by atoms with Gasteiger partial charge in [-0.2, -0.15) is 0 Å². The first kappa shape index (κ1) is 30.0. The molecule has 0 aromatic heterocycles. The van der Waals surface area contributed by atoms with E-state index in [2.05, 4.69) is 5.32 Å². The number of ether oxygens (including phenoxy) is 1. The number of nitrogens with zero attached hydrogens (tertiary/aromatic N) is 3. The summed E-state index contributed by atoms with van der Waals surface area (Å²) in [5.74, 6) is -1.85. The number of carbonyl (C=O) groups is 4. The number of hydrogen-bond acceptors (Lipinski definition) is 5. The summed E-state index contributed by atoms with van der Waals surface area (Å²) >= 11 is 0. The van der Waals surface area contributed by atoms with Gasteiger partial charge >= 0.3 is 0 Å². The average Bonchev–Trinajstić information content (AvgIpc) is 3.11. The van der Waals surface area contributed by atoms with Crippen LogP contribution in [0.3, 0.4) is 0 Å². The van der Waals surface area contributed by atoms with Crippen LogP contribution in [-0.2, 0) is 19.2 Å². The molecule has 4 aromatic rings. The van der Waals surface area contributed by atoms with E-state index in [0.29, 0.717) is 34.2 Å². The van der Waals surface area contributed by atoms with Crippen molar-refractivity contribution in [3.05, 3.63) is 115 Å². The molecule has 9 heteroatoms. The number of anilines is 5. The Hall–Kier alpha value is -5.44. The van der Waals surface area contributed by atoms with Crippen LogP contribution in [0.15, 0.2) is 109 Å². The summed E-state index contributed by atoms with van der Waals surface area (Å²) in [7, 11) is 1.57. The number of fused-ring (bicyclic) bond motifs is 1. The first-order valence-electron chi connectivity index (χ1n) is 14.3. The van der Waals surface area contributed by atoms with E-state index >= 15 is 0 Å². The molecular formula is C35H33N4O5. The van der Waals surface area contributed by atoms with Gasteiger partial charge in [0.25, 0.3) is 0 Å². The minimum absolute atomic E-state index is 0.240. The third-order valence-electron chi connectivity index (χ3n) is 7.22. The Balaban J connectivity index is 1.55. The molecular weight excluding hydrogens is 556 g/mol. The summed E-state index contributed by atoms with van der Waals surface area (Å²) in [6.45, 7) is 3.40. The summed E-state index contributed by atoms with van der Waals surface area (Å²) in [6.07, 6.45) is -0.485. The minimum Gasteiger partial charge on any atom is -0.497 e. The van der Waals surface area contributed by atoms with E-state index in [1.165, 1.54) is 9.80 Å². The Morgan fingerprint density at radius 2 is 1.36 bits per heavy atom. The summed E-state index contributed by atoms with van der Waals surface area (Å²) in [5.41, 5.74) is 2.49. The molecule has 0 atom stereocenters. The zero-order valence-electron chi connectivity index (χ0n) is 24.8. The van der Waals surface area contributed by atoms with E-state index in [0.717, 1.165) is 0 Å². The van der Waals surface area contributed by atoms with E-state index in [9.17, 15) is 19.2 Å². The molecule has 0 spiro atoms. The lowest BCUT2D eigenvalue weighted by Crippen LogP contribution is -2.48. The second-order valence-electron chi connectivity index (χ2n) is 10.5. The van der Waals surface area contributed by atoms with Crippen molar-refractivity contribution in [3.63, 3.8) is 0 Å². The molecule has 1 N–H and O–H groups in total. The molecule has 0 unspecified atom stereocenters. The van der Waals surface area contributed by atoms with Gasteiger partial charge in [-0.15, -0.1) is 0 Å². The molecule has 4 aromatic carbocycles. The van der Waals surface area contributed by atoms with Crippen molar-refractivity contribution in [1.82, 2.24) is 0 Å². The second-order valence-corrected chi connectivity index (χ2v) is 10.5. The number of rotatable bonds is 9. The number of carbonyl (C=O) groups excluding carboxylic acids is 4. The molecule has 0 bridgehead atoms. The predicted molar refractivity (Wildman–Crippen MR) is 171 cm³/mol. The number of nitrogens with one attached hydrogen (secondary N) is 1. The highest BCUT2D eigenvalue weighted by atomic mass is 16.5. The van der Waals surface area contributed by atoms with E-state index in [-0.39, 0.29) is 24.4 Å². The Morgan fingerprint density at radius 3 is 1.98 bits per heavy atom. The van der Waals surface area contributed by atoms with Gasteiger partial charge in [-0.1, -0.05) is 48.5 Å². The van der Waals surface area contributed by atoms with Crippen LogP contribution in [0.4, 0.5) is 28.4 Å². The number of amides is 4. The Morgan fingerprint density at radius 1 is 0.773 bits per heavy atom. The molecule has 223 valence electrons. The van der Waals surface area contributed by atoms with E-state index in [1.54, 1.807) is 109 Å². The molecule has 1 aliphatic rings. The van der Waals surface area contributed by atoms with Crippen LogP contribution in [0.5, 0.6) is 5.75 Å². The van der Waals surface area contributed by atoms with Crippen LogP contribution in [0.25, 0.3) is 0 Å². The van der Waals surface area contributed by atoms with Crippen LogP contribution < -0.4 is 24.8 Å². The first-order chi connectivity index (χ1) is 21.3. The van der Waals surface area contributed by atoms with Gasteiger partial charge in [0.05, 0.1) is 24.9 Å². The van der Waals surface area contributed by atoms with Crippen molar-refractivity contribution in [2.75, 3.05) is 33.7 Å². The summed E-state index contributed by atoms with van der Waals surface area (Å²) in [6, 6.07) is 31.5. The monoisotopic (exact) mass is 589 g/mol. The molecule has 0 aliphatic carbocycles. The smallest absolute Gasteiger partial charge is 0.249 e. The third kappa shape index (κ3) is 6.32. The van der Waals surface area contributed by atoms with Gasteiger partial charge in [0, 0.05) is 23.1 Å². The lowest BCUT2D eigenvalue weighted by molar-refractivity contribution is -0.127. The molecule has 5 rings (SSSR count). The van der Waals surface area contributed by atoms with Gasteiger partial charge < -0.3 is 15.0 Å². The van der Waals surface area contributed by atoms with Gasteiger partial charge in [0.1, 0.15) is 12.3 Å². The number of benzene rings is 4. The quantitative estimate of drug-likeness (QED) is 0.268. The van der Waals surface area contributed by atoms with Crippen LogP contribution in [0.2, 0.25) is 0 Å². The second kappa shape index (κ2) is 13.2. The molecule has 0 fully saturated rings.